The van der Waals surface area contributed by atoms with Crippen LogP contribution in [0.2, 0.25) is 5.02 Å². The predicted octanol–water partition coefficient (Wildman–Crippen LogP) is 2.27. The van der Waals surface area contributed by atoms with Crippen molar-refractivity contribution in [2.75, 3.05) is 6.61 Å². The molecule has 0 radical (unpaired) electrons. The Bertz CT molecular complexity index is 667. The van der Waals surface area contributed by atoms with Crippen molar-refractivity contribution in [1.29, 1.82) is 0 Å². The summed E-state index contributed by atoms with van der Waals surface area (Å²) in [5, 5.41) is 0.645. The van der Waals surface area contributed by atoms with Gasteiger partial charge in [-0.1, -0.05) is 11.6 Å². The first-order valence-corrected chi connectivity index (χ1v) is 6.44. The summed E-state index contributed by atoms with van der Waals surface area (Å²) in [7, 11) is 0. The van der Waals surface area contributed by atoms with E-state index in [0.717, 1.165) is 11.0 Å². The maximum absolute atomic E-state index is 12.4. The first-order valence-electron chi connectivity index (χ1n) is 6.07. The third-order valence-electron chi connectivity index (χ3n) is 3.43. The van der Waals surface area contributed by atoms with Crippen LogP contribution < -0.4 is 5.69 Å². The summed E-state index contributed by atoms with van der Waals surface area (Å²) in [6.07, 6.45) is 0. The molecule has 1 atom stereocenters. The Labute approximate surface area is 110 Å². The minimum absolute atomic E-state index is 0.00601. The minimum atomic E-state index is -0.195. The molecule has 1 unspecified atom stereocenters. The number of aromatic nitrogens is 2. The van der Waals surface area contributed by atoms with Crippen molar-refractivity contribution in [2.24, 2.45) is 0 Å². The molecule has 1 aliphatic heterocycles. The van der Waals surface area contributed by atoms with Crippen LogP contribution in [0, 0.1) is 0 Å². The molecule has 4 nitrogen and oxygen atoms in total. The lowest BCUT2D eigenvalue weighted by atomic mass is 10.2. The Morgan fingerprint density at radius 3 is 2.72 bits per heavy atom. The lowest BCUT2D eigenvalue weighted by molar-refractivity contribution is 0.293. The lowest BCUT2D eigenvalue weighted by Gasteiger charge is -2.06. The molecule has 0 aliphatic carbocycles. The maximum atomic E-state index is 12.4. The van der Waals surface area contributed by atoms with Crippen LogP contribution in [0.25, 0.3) is 11.0 Å². The number of halogens is 1. The van der Waals surface area contributed by atoms with Gasteiger partial charge in [0.2, 0.25) is 0 Å². The monoisotopic (exact) mass is 266 g/mol. The molecular weight excluding hydrogens is 252 g/mol. The van der Waals surface area contributed by atoms with E-state index >= 15 is 0 Å². The number of epoxide rings is 1. The Balaban J connectivity index is 2.24. The smallest absolute Gasteiger partial charge is 0.329 e. The number of rotatable bonds is 3. The molecule has 1 aromatic heterocycles. The van der Waals surface area contributed by atoms with Crippen LogP contribution in [0.15, 0.2) is 23.0 Å². The van der Waals surface area contributed by atoms with Gasteiger partial charge in [-0.3, -0.25) is 9.13 Å². The molecule has 0 spiro atoms. The van der Waals surface area contributed by atoms with E-state index in [9.17, 15) is 4.79 Å². The third kappa shape index (κ3) is 1.76. The van der Waals surface area contributed by atoms with E-state index in [1.165, 1.54) is 0 Å². The van der Waals surface area contributed by atoms with E-state index in [0.29, 0.717) is 24.7 Å². The van der Waals surface area contributed by atoms with E-state index in [1.54, 1.807) is 9.13 Å². The molecule has 0 saturated carbocycles. The number of imidazole rings is 1. The molecule has 0 N–H and O–H groups in total. The quantitative estimate of drug-likeness (QED) is 0.800. The number of ether oxygens (including phenoxy) is 1. The van der Waals surface area contributed by atoms with Crippen LogP contribution in [0.5, 0.6) is 0 Å². The Morgan fingerprint density at radius 2 is 2.11 bits per heavy atom. The fraction of sp³-hybridized carbons (Fsp3) is 0.462. The molecule has 1 aliphatic rings. The van der Waals surface area contributed by atoms with E-state index in [-0.39, 0.29) is 11.3 Å². The van der Waals surface area contributed by atoms with E-state index in [1.807, 2.05) is 32.0 Å². The van der Waals surface area contributed by atoms with Gasteiger partial charge in [0.1, 0.15) is 5.60 Å². The van der Waals surface area contributed by atoms with Gasteiger partial charge in [0.05, 0.1) is 24.2 Å². The Hall–Kier alpha value is -1.26. The van der Waals surface area contributed by atoms with E-state index < -0.39 is 0 Å². The molecule has 1 saturated heterocycles. The van der Waals surface area contributed by atoms with Crippen molar-refractivity contribution >= 4 is 22.6 Å². The van der Waals surface area contributed by atoms with Gasteiger partial charge in [-0.15, -0.1) is 0 Å². The molecule has 18 heavy (non-hydrogen) atoms. The molecule has 0 amide bonds. The molecule has 1 fully saturated rings. The van der Waals surface area contributed by atoms with Gasteiger partial charge >= 0.3 is 5.69 Å². The average molecular weight is 267 g/mol. The fourth-order valence-corrected chi connectivity index (χ4v) is 2.47. The summed E-state index contributed by atoms with van der Waals surface area (Å²) in [6, 6.07) is 5.56. The topological polar surface area (TPSA) is 39.5 Å². The second-order valence-electron chi connectivity index (χ2n) is 4.98. The Kier molecular flexibility index (Phi) is 2.54. The van der Waals surface area contributed by atoms with Gasteiger partial charge in [0.25, 0.3) is 0 Å². The zero-order valence-electron chi connectivity index (χ0n) is 10.4. The largest absolute Gasteiger partial charge is 0.368 e. The molecule has 2 aromatic rings. The second kappa shape index (κ2) is 3.87. The van der Waals surface area contributed by atoms with Crippen molar-refractivity contribution in [2.45, 2.75) is 32.5 Å². The van der Waals surface area contributed by atoms with Crippen LogP contribution in [0.1, 0.15) is 13.8 Å². The number of aryl methyl sites for hydroxylation is 1. The first kappa shape index (κ1) is 11.8. The summed E-state index contributed by atoms with van der Waals surface area (Å²) in [6.45, 7) is 5.92. The van der Waals surface area contributed by atoms with Crippen LogP contribution in [-0.4, -0.2) is 21.3 Å². The van der Waals surface area contributed by atoms with Crippen LogP contribution >= 0.6 is 11.6 Å². The van der Waals surface area contributed by atoms with Crippen molar-refractivity contribution < 1.29 is 4.74 Å². The van der Waals surface area contributed by atoms with Crippen molar-refractivity contribution in [3.63, 3.8) is 0 Å². The number of benzene rings is 1. The molecule has 3 rings (SSSR count). The number of hydrogen-bond acceptors (Lipinski definition) is 2. The fourth-order valence-electron chi connectivity index (χ4n) is 2.30. The predicted molar refractivity (Wildman–Crippen MR) is 71.2 cm³/mol. The van der Waals surface area contributed by atoms with Gasteiger partial charge < -0.3 is 4.74 Å². The summed E-state index contributed by atoms with van der Waals surface area (Å²) < 4.78 is 8.90. The number of hydrogen-bond donors (Lipinski definition) is 0. The minimum Gasteiger partial charge on any atom is -0.368 e. The first-order chi connectivity index (χ1) is 8.54. The normalized spacial score (nSPS) is 22.6. The van der Waals surface area contributed by atoms with Gasteiger partial charge in [0, 0.05) is 11.6 Å². The van der Waals surface area contributed by atoms with Gasteiger partial charge in [-0.2, -0.15) is 0 Å². The van der Waals surface area contributed by atoms with Gasteiger partial charge in [-0.25, -0.2) is 4.79 Å². The average Bonchev–Trinajstić information content (AvgIpc) is 3.01. The molecular formula is C13H15ClN2O2. The van der Waals surface area contributed by atoms with E-state index in [4.69, 9.17) is 16.3 Å². The van der Waals surface area contributed by atoms with Gasteiger partial charge in [0.15, 0.2) is 0 Å². The SMILES string of the molecule is CCn1c(=O)n(CC2(C)CO2)c2cc(Cl)ccc21. The van der Waals surface area contributed by atoms with Crippen molar-refractivity contribution in [3.05, 3.63) is 33.7 Å². The zero-order valence-corrected chi connectivity index (χ0v) is 11.2. The van der Waals surface area contributed by atoms with E-state index in [2.05, 4.69) is 0 Å². The summed E-state index contributed by atoms with van der Waals surface area (Å²) in [5.74, 6) is 0. The molecule has 1 aromatic carbocycles. The highest BCUT2D eigenvalue weighted by Gasteiger charge is 2.40. The summed E-state index contributed by atoms with van der Waals surface area (Å²) in [4.78, 5) is 12.4. The third-order valence-corrected chi connectivity index (χ3v) is 3.66. The van der Waals surface area contributed by atoms with Gasteiger partial charge in [-0.05, 0) is 32.0 Å². The molecule has 5 heteroatoms. The molecule has 2 heterocycles. The van der Waals surface area contributed by atoms with Crippen molar-refractivity contribution in [1.82, 2.24) is 9.13 Å². The highest BCUT2D eigenvalue weighted by Crippen LogP contribution is 2.29. The lowest BCUT2D eigenvalue weighted by Crippen LogP contribution is -2.28. The number of fused-ring (bicyclic) bond motifs is 1. The van der Waals surface area contributed by atoms with Crippen LogP contribution in [0.3, 0.4) is 0 Å². The summed E-state index contributed by atoms with van der Waals surface area (Å²) >= 11 is 6.03. The molecule has 96 valence electrons. The van der Waals surface area contributed by atoms with Crippen LogP contribution in [0.4, 0.5) is 0 Å². The van der Waals surface area contributed by atoms with Crippen molar-refractivity contribution in [3.8, 4) is 0 Å². The van der Waals surface area contributed by atoms with Crippen LogP contribution in [-0.2, 0) is 17.8 Å². The summed E-state index contributed by atoms with van der Waals surface area (Å²) in [5.41, 5.74) is 1.62. The standard InChI is InChI=1S/C13H15ClN2O2/c1-3-15-10-5-4-9(14)6-11(10)16(12(15)17)7-13(2)8-18-13/h4-6H,3,7-8H2,1-2H3. The number of nitrogens with zero attached hydrogens (tertiary/aromatic N) is 2. The molecule has 0 bridgehead atoms. The maximum Gasteiger partial charge on any atom is 0.329 e. The highest BCUT2D eigenvalue weighted by molar-refractivity contribution is 6.31. The highest BCUT2D eigenvalue weighted by atomic mass is 35.5. The zero-order chi connectivity index (χ0) is 12.9. The second-order valence-corrected chi connectivity index (χ2v) is 5.42. The Morgan fingerprint density at radius 1 is 1.39 bits per heavy atom.